The van der Waals surface area contributed by atoms with E-state index in [1.165, 1.54) is 22.3 Å². The summed E-state index contributed by atoms with van der Waals surface area (Å²) in [4.78, 5) is 0. The van der Waals surface area contributed by atoms with Gasteiger partial charge in [-0.3, -0.25) is 0 Å². The molecule has 0 aliphatic heterocycles. The van der Waals surface area contributed by atoms with Gasteiger partial charge < -0.3 is 10.6 Å². The van der Waals surface area contributed by atoms with E-state index in [2.05, 4.69) is 80.8 Å². The van der Waals surface area contributed by atoms with E-state index in [9.17, 15) is 0 Å². The zero-order chi connectivity index (χ0) is 16.1. The van der Waals surface area contributed by atoms with Crippen molar-refractivity contribution >= 4 is 23.0 Å². The lowest BCUT2D eigenvalue weighted by Crippen LogP contribution is -2.32. The molecule has 2 rings (SSSR count). The van der Waals surface area contributed by atoms with Gasteiger partial charge >= 0.3 is 0 Å². The van der Waals surface area contributed by atoms with Gasteiger partial charge in [-0.2, -0.15) is 0 Å². The molecular weight excluding hydrogens is 288 g/mol. The Labute approximate surface area is 139 Å². The highest BCUT2D eigenvalue weighted by atomic mass is 32.1. The Hall–Kier alpha value is -1.87. The first-order valence-electron chi connectivity index (χ1n) is 7.71. The highest BCUT2D eigenvalue weighted by Gasteiger charge is 2.10. The van der Waals surface area contributed by atoms with Gasteiger partial charge in [0.25, 0.3) is 0 Å². The van der Waals surface area contributed by atoms with E-state index >= 15 is 0 Å². The molecule has 0 unspecified atom stereocenters. The van der Waals surface area contributed by atoms with Crippen molar-refractivity contribution in [2.24, 2.45) is 0 Å². The molecule has 116 valence electrons. The minimum Gasteiger partial charge on any atom is -0.356 e. The predicted octanol–water partition coefficient (Wildman–Crippen LogP) is 5.05. The molecule has 3 heteroatoms. The summed E-state index contributed by atoms with van der Waals surface area (Å²) in [6, 6.07) is 15.1. The van der Waals surface area contributed by atoms with Crippen LogP contribution in [0.15, 0.2) is 42.5 Å². The van der Waals surface area contributed by atoms with Crippen molar-refractivity contribution in [1.29, 1.82) is 0 Å². The third-order valence-corrected chi connectivity index (χ3v) is 4.18. The molecule has 0 saturated heterocycles. The Morgan fingerprint density at radius 2 is 1.68 bits per heavy atom. The normalized spacial score (nSPS) is 11.8. The van der Waals surface area contributed by atoms with Crippen LogP contribution in [0.25, 0.3) is 0 Å². The maximum absolute atomic E-state index is 5.46. The molecule has 2 aromatic rings. The quantitative estimate of drug-likeness (QED) is 0.773. The molecule has 0 fully saturated rings. The average molecular weight is 312 g/mol. The van der Waals surface area contributed by atoms with Crippen molar-refractivity contribution in [3.8, 4) is 0 Å². The monoisotopic (exact) mass is 312 g/mol. The molecule has 0 spiro atoms. The van der Waals surface area contributed by atoms with Crippen molar-refractivity contribution < 1.29 is 0 Å². The largest absolute Gasteiger partial charge is 0.356 e. The van der Waals surface area contributed by atoms with E-state index in [1.54, 1.807) is 0 Å². The van der Waals surface area contributed by atoms with Crippen molar-refractivity contribution in [3.05, 3.63) is 64.7 Å². The first kappa shape index (κ1) is 16.5. The van der Waals surface area contributed by atoms with Crippen LogP contribution >= 0.6 is 12.2 Å². The second-order valence-electron chi connectivity index (χ2n) is 5.77. The van der Waals surface area contributed by atoms with Crippen LogP contribution in [-0.4, -0.2) is 5.11 Å². The number of hydrogen-bond acceptors (Lipinski definition) is 1. The third-order valence-electron chi connectivity index (χ3n) is 3.96. The van der Waals surface area contributed by atoms with Crippen LogP contribution in [0.2, 0.25) is 0 Å². The van der Waals surface area contributed by atoms with Gasteiger partial charge in [-0.15, -0.1) is 0 Å². The number of benzene rings is 2. The summed E-state index contributed by atoms with van der Waals surface area (Å²) >= 11 is 5.46. The van der Waals surface area contributed by atoms with Crippen LogP contribution in [0.1, 0.15) is 41.6 Å². The van der Waals surface area contributed by atoms with Crippen molar-refractivity contribution in [1.82, 2.24) is 5.32 Å². The SMILES string of the molecule is CC[C@H](NC(=S)Nc1ccc(C)c(C)c1)c1ccc(C)cc1. The summed E-state index contributed by atoms with van der Waals surface area (Å²) < 4.78 is 0. The Morgan fingerprint density at radius 3 is 2.27 bits per heavy atom. The summed E-state index contributed by atoms with van der Waals surface area (Å²) in [6.07, 6.45) is 0.984. The van der Waals surface area contributed by atoms with Crippen molar-refractivity contribution in [3.63, 3.8) is 0 Å². The summed E-state index contributed by atoms with van der Waals surface area (Å²) in [5.74, 6) is 0. The van der Waals surface area contributed by atoms with E-state index < -0.39 is 0 Å². The minimum atomic E-state index is 0.229. The number of thiocarbonyl (C=S) groups is 1. The molecule has 2 N–H and O–H groups in total. The number of hydrogen-bond donors (Lipinski definition) is 2. The Kier molecular flexibility index (Phi) is 5.56. The molecule has 1 atom stereocenters. The summed E-state index contributed by atoms with van der Waals surface area (Å²) in [5.41, 5.74) is 6.11. The summed E-state index contributed by atoms with van der Waals surface area (Å²) in [6.45, 7) is 8.48. The lowest BCUT2D eigenvalue weighted by Gasteiger charge is -2.20. The Bertz CT molecular complexity index is 647. The van der Waals surface area contributed by atoms with Crippen LogP contribution < -0.4 is 10.6 Å². The van der Waals surface area contributed by atoms with Crippen LogP contribution in [0, 0.1) is 20.8 Å². The van der Waals surface area contributed by atoms with Gasteiger partial charge in [0.15, 0.2) is 5.11 Å². The van der Waals surface area contributed by atoms with Crippen LogP contribution in [0.5, 0.6) is 0 Å². The van der Waals surface area contributed by atoms with E-state index in [-0.39, 0.29) is 6.04 Å². The van der Waals surface area contributed by atoms with E-state index in [1.807, 2.05) is 0 Å². The third kappa shape index (κ3) is 4.31. The minimum absolute atomic E-state index is 0.229. The van der Waals surface area contributed by atoms with Gasteiger partial charge in [-0.05, 0) is 68.2 Å². The lowest BCUT2D eigenvalue weighted by molar-refractivity contribution is 0.629. The zero-order valence-electron chi connectivity index (χ0n) is 13.7. The number of anilines is 1. The van der Waals surface area contributed by atoms with E-state index in [0.717, 1.165) is 12.1 Å². The number of nitrogens with one attached hydrogen (secondary N) is 2. The fourth-order valence-corrected chi connectivity index (χ4v) is 2.62. The fraction of sp³-hybridized carbons (Fsp3) is 0.316. The van der Waals surface area contributed by atoms with Crippen molar-refractivity contribution in [2.45, 2.75) is 40.2 Å². The van der Waals surface area contributed by atoms with Gasteiger partial charge in [0.2, 0.25) is 0 Å². The van der Waals surface area contributed by atoms with Crippen LogP contribution in [0.3, 0.4) is 0 Å². The molecular formula is C19H24N2S. The van der Waals surface area contributed by atoms with Crippen LogP contribution in [-0.2, 0) is 0 Å². The molecule has 2 aromatic carbocycles. The van der Waals surface area contributed by atoms with Gasteiger partial charge in [-0.1, -0.05) is 42.8 Å². The molecule has 0 aliphatic carbocycles. The van der Waals surface area contributed by atoms with E-state index in [0.29, 0.717) is 5.11 Å². The first-order chi connectivity index (χ1) is 10.5. The second-order valence-corrected chi connectivity index (χ2v) is 6.18. The van der Waals surface area contributed by atoms with Gasteiger partial charge in [0.1, 0.15) is 0 Å². The molecule has 0 amide bonds. The highest BCUT2D eigenvalue weighted by molar-refractivity contribution is 7.80. The highest BCUT2D eigenvalue weighted by Crippen LogP contribution is 2.18. The smallest absolute Gasteiger partial charge is 0.171 e. The lowest BCUT2D eigenvalue weighted by atomic mass is 10.0. The standard InChI is InChI=1S/C19H24N2S/c1-5-18(16-9-6-13(2)7-10-16)21-19(22)20-17-11-8-14(3)15(4)12-17/h6-12,18H,5H2,1-4H3,(H2,20,21,22)/t18-/m0/s1. The average Bonchev–Trinajstić information content (AvgIpc) is 2.49. The fourth-order valence-electron chi connectivity index (χ4n) is 2.36. The van der Waals surface area contributed by atoms with E-state index in [4.69, 9.17) is 12.2 Å². The molecule has 22 heavy (non-hydrogen) atoms. The second kappa shape index (κ2) is 7.41. The van der Waals surface area contributed by atoms with Gasteiger partial charge in [-0.25, -0.2) is 0 Å². The molecule has 2 nitrogen and oxygen atoms in total. The Balaban J connectivity index is 2.02. The molecule has 0 heterocycles. The number of rotatable bonds is 4. The summed E-state index contributed by atoms with van der Waals surface area (Å²) in [7, 11) is 0. The molecule has 0 radical (unpaired) electrons. The predicted molar refractivity (Wildman–Crippen MR) is 99.5 cm³/mol. The maximum Gasteiger partial charge on any atom is 0.171 e. The zero-order valence-corrected chi connectivity index (χ0v) is 14.6. The topological polar surface area (TPSA) is 24.1 Å². The van der Waals surface area contributed by atoms with Gasteiger partial charge in [0.05, 0.1) is 6.04 Å². The molecule has 0 aromatic heterocycles. The maximum atomic E-state index is 5.46. The first-order valence-corrected chi connectivity index (χ1v) is 8.11. The molecule has 0 aliphatic rings. The Morgan fingerprint density at radius 1 is 1.00 bits per heavy atom. The molecule has 0 bridgehead atoms. The summed E-state index contributed by atoms with van der Waals surface area (Å²) in [5, 5.41) is 7.34. The molecule has 0 saturated carbocycles. The van der Waals surface area contributed by atoms with Crippen molar-refractivity contribution in [2.75, 3.05) is 5.32 Å². The number of aryl methyl sites for hydroxylation is 3. The van der Waals surface area contributed by atoms with Gasteiger partial charge in [0, 0.05) is 5.69 Å². The van der Waals surface area contributed by atoms with Crippen LogP contribution in [0.4, 0.5) is 5.69 Å².